The Bertz CT molecular complexity index is 1190. The molecule has 154 valence electrons. The van der Waals surface area contributed by atoms with E-state index in [4.69, 9.17) is 0 Å². The molecular weight excluding hydrogens is 399 g/mol. The number of fused-ring (bicyclic) bond motifs is 1. The Morgan fingerprint density at radius 1 is 1.13 bits per heavy atom. The Morgan fingerprint density at radius 2 is 1.80 bits per heavy atom. The smallest absolute Gasteiger partial charge is 0.261 e. The largest absolute Gasteiger partial charge is 0.348 e. The third-order valence-corrected chi connectivity index (χ3v) is 6.06. The second kappa shape index (κ2) is 7.91. The number of nitrogens with one attached hydrogen (secondary N) is 1. The number of imidazole rings is 1. The van der Waals surface area contributed by atoms with Crippen molar-refractivity contribution < 1.29 is 9.18 Å². The monoisotopic (exact) mass is 422 g/mol. The minimum atomic E-state index is -0.294. The summed E-state index contributed by atoms with van der Waals surface area (Å²) in [5.41, 5.74) is 3.77. The minimum Gasteiger partial charge on any atom is -0.348 e. The standard InChI is InChI=1S/C23H23FN4OS/c1-14-5-7-16(8-6-14)15(2)25-21(29)20-13-19-22(30-20)28(23(26-19)27(3)4)18-11-9-17(24)10-12-18/h5-13,15H,1-4H3,(H,25,29). The predicted octanol–water partition coefficient (Wildman–Crippen LogP) is 5.09. The Kier molecular flexibility index (Phi) is 5.30. The van der Waals surface area contributed by atoms with E-state index in [0.29, 0.717) is 4.88 Å². The molecule has 0 fully saturated rings. The molecule has 1 amide bonds. The molecule has 0 spiro atoms. The lowest BCUT2D eigenvalue weighted by atomic mass is 10.1. The highest BCUT2D eigenvalue weighted by Gasteiger charge is 2.21. The molecule has 1 atom stereocenters. The molecule has 1 unspecified atom stereocenters. The number of nitrogens with zero attached hydrogens (tertiary/aromatic N) is 3. The van der Waals surface area contributed by atoms with Crippen molar-refractivity contribution in [3.63, 3.8) is 0 Å². The van der Waals surface area contributed by atoms with Crippen LogP contribution in [0.15, 0.2) is 54.6 Å². The van der Waals surface area contributed by atoms with Crippen LogP contribution in [-0.2, 0) is 0 Å². The van der Waals surface area contributed by atoms with Gasteiger partial charge in [-0.1, -0.05) is 29.8 Å². The maximum Gasteiger partial charge on any atom is 0.261 e. The van der Waals surface area contributed by atoms with Gasteiger partial charge in [-0.15, -0.1) is 11.3 Å². The summed E-state index contributed by atoms with van der Waals surface area (Å²) in [5.74, 6) is 0.295. The van der Waals surface area contributed by atoms with Crippen LogP contribution in [0.4, 0.5) is 10.3 Å². The first-order valence-electron chi connectivity index (χ1n) is 9.66. The lowest BCUT2D eigenvalue weighted by Gasteiger charge is -2.15. The zero-order valence-corrected chi connectivity index (χ0v) is 18.1. The maximum absolute atomic E-state index is 13.4. The van der Waals surface area contributed by atoms with Crippen molar-refractivity contribution in [1.82, 2.24) is 14.9 Å². The summed E-state index contributed by atoms with van der Waals surface area (Å²) >= 11 is 1.38. The van der Waals surface area contributed by atoms with Gasteiger partial charge in [-0.3, -0.25) is 9.36 Å². The molecule has 2 heterocycles. The van der Waals surface area contributed by atoms with Crippen molar-refractivity contribution in [3.05, 3.63) is 76.4 Å². The first-order valence-corrected chi connectivity index (χ1v) is 10.5. The zero-order valence-electron chi connectivity index (χ0n) is 17.3. The quantitative estimate of drug-likeness (QED) is 0.487. The summed E-state index contributed by atoms with van der Waals surface area (Å²) in [5, 5.41) is 3.06. The number of anilines is 1. The fourth-order valence-electron chi connectivity index (χ4n) is 3.30. The van der Waals surface area contributed by atoms with Crippen molar-refractivity contribution in [1.29, 1.82) is 0 Å². The van der Waals surface area contributed by atoms with Gasteiger partial charge in [-0.25, -0.2) is 9.37 Å². The lowest BCUT2D eigenvalue weighted by Crippen LogP contribution is -2.25. The number of aryl methyl sites for hydroxylation is 1. The Balaban J connectivity index is 1.67. The molecule has 0 aliphatic carbocycles. The third-order valence-electron chi connectivity index (χ3n) is 4.95. The predicted molar refractivity (Wildman–Crippen MR) is 120 cm³/mol. The van der Waals surface area contributed by atoms with Gasteiger partial charge in [0, 0.05) is 14.1 Å². The number of halogens is 1. The molecule has 0 saturated carbocycles. The van der Waals surface area contributed by atoms with E-state index in [1.807, 2.05) is 67.7 Å². The number of amides is 1. The summed E-state index contributed by atoms with van der Waals surface area (Å²) in [4.78, 5) is 20.9. The molecule has 30 heavy (non-hydrogen) atoms. The normalized spacial score (nSPS) is 12.2. The van der Waals surface area contributed by atoms with E-state index < -0.39 is 0 Å². The molecule has 0 saturated heterocycles. The molecule has 7 heteroatoms. The van der Waals surface area contributed by atoms with Crippen molar-refractivity contribution in [2.45, 2.75) is 19.9 Å². The van der Waals surface area contributed by atoms with Gasteiger partial charge >= 0.3 is 0 Å². The van der Waals surface area contributed by atoms with E-state index in [0.717, 1.165) is 27.5 Å². The van der Waals surface area contributed by atoms with Gasteiger partial charge in [0.2, 0.25) is 5.95 Å². The van der Waals surface area contributed by atoms with Gasteiger partial charge in [0.25, 0.3) is 5.91 Å². The van der Waals surface area contributed by atoms with E-state index in [2.05, 4.69) is 10.3 Å². The second-order valence-corrected chi connectivity index (χ2v) is 8.56. The number of hydrogen-bond acceptors (Lipinski definition) is 4. The van der Waals surface area contributed by atoms with E-state index in [-0.39, 0.29) is 17.8 Å². The number of thiophene rings is 1. The number of hydrogen-bond donors (Lipinski definition) is 1. The van der Waals surface area contributed by atoms with Crippen LogP contribution >= 0.6 is 11.3 Å². The first kappa shape index (κ1) is 20.1. The van der Waals surface area contributed by atoms with Gasteiger partial charge in [0.1, 0.15) is 16.2 Å². The van der Waals surface area contributed by atoms with E-state index >= 15 is 0 Å². The first-order chi connectivity index (χ1) is 14.3. The molecule has 5 nitrogen and oxygen atoms in total. The topological polar surface area (TPSA) is 50.2 Å². The van der Waals surface area contributed by atoms with Crippen molar-refractivity contribution >= 4 is 33.5 Å². The van der Waals surface area contributed by atoms with E-state index in [1.165, 1.54) is 29.0 Å². The fourth-order valence-corrected chi connectivity index (χ4v) is 4.32. The molecular formula is C23H23FN4OS. The third kappa shape index (κ3) is 3.80. The number of benzene rings is 2. The van der Waals surface area contributed by atoms with Crippen LogP contribution in [0.25, 0.3) is 16.0 Å². The van der Waals surface area contributed by atoms with E-state index in [1.54, 1.807) is 12.1 Å². The SMILES string of the molecule is Cc1ccc(C(C)NC(=O)c2cc3nc(N(C)C)n(-c4ccc(F)cc4)c3s2)cc1. The van der Waals surface area contributed by atoms with Crippen LogP contribution in [0.2, 0.25) is 0 Å². The summed E-state index contributed by atoms with van der Waals surface area (Å²) in [6.45, 7) is 4.01. The summed E-state index contributed by atoms with van der Waals surface area (Å²) in [6.07, 6.45) is 0. The number of carbonyl (C=O) groups excluding carboxylic acids is 1. The fraction of sp³-hybridized carbons (Fsp3) is 0.217. The molecule has 0 radical (unpaired) electrons. The van der Waals surface area contributed by atoms with E-state index in [9.17, 15) is 9.18 Å². The molecule has 4 rings (SSSR count). The minimum absolute atomic E-state index is 0.107. The second-order valence-electron chi connectivity index (χ2n) is 7.52. The lowest BCUT2D eigenvalue weighted by molar-refractivity contribution is 0.0944. The molecule has 0 aliphatic heterocycles. The van der Waals surface area contributed by atoms with Crippen molar-refractivity contribution in [2.75, 3.05) is 19.0 Å². The molecule has 4 aromatic rings. The van der Waals surface area contributed by atoms with Crippen LogP contribution < -0.4 is 10.2 Å². The number of rotatable bonds is 5. The molecule has 0 bridgehead atoms. The summed E-state index contributed by atoms with van der Waals surface area (Å²) < 4.78 is 15.4. The highest BCUT2D eigenvalue weighted by Crippen LogP contribution is 2.33. The molecule has 2 aromatic carbocycles. The highest BCUT2D eigenvalue weighted by molar-refractivity contribution is 7.20. The summed E-state index contributed by atoms with van der Waals surface area (Å²) in [7, 11) is 3.81. The zero-order chi connectivity index (χ0) is 21.4. The average molecular weight is 423 g/mol. The van der Waals surface area contributed by atoms with Gasteiger partial charge in [-0.2, -0.15) is 0 Å². The summed E-state index contributed by atoms with van der Waals surface area (Å²) in [6, 6.07) is 16.1. The average Bonchev–Trinajstić information content (AvgIpc) is 3.27. The highest BCUT2D eigenvalue weighted by atomic mass is 32.1. The number of carbonyl (C=O) groups is 1. The Hall–Kier alpha value is -3.19. The maximum atomic E-state index is 13.4. The van der Waals surface area contributed by atoms with Crippen LogP contribution in [0.1, 0.15) is 33.8 Å². The van der Waals surface area contributed by atoms with Crippen LogP contribution in [0.3, 0.4) is 0 Å². The van der Waals surface area contributed by atoms with Crippen LogP contribution in [0, 0.1) is 12.7 Å². The van der Waals surface area contributed by atoms with Crippen LogP contribution in [0.5, 0.6) is 0 Å². The molecule has 2 aromatic heterocycles. The van der Waals surface area contributed by atoms with Gasteiger partial charge in [0.15, 0.2) is 0 Å². The van der Waals surface area contributed by atoms with Crippen molar-refractivity contribution in [2.24, 2.45) is 0 Å². The van der Waals surface area contributed by atoms with Gasteiger partial charge in [0.05, 0.1) is 16.6 Å². The molecule has 1 N–H and O–H groups in total. The molecule has 0 aliphatic rings. The van der Waals surface area contributed by atoms with Gasteiger partial charge < -0.3 is 10.2 Å². The van der Waals surface area contributed by atoms with Gasteiger partial charge in [-0.05, 0) is 49.7 Å². The van der Waals surface area contributed by atoms with Crippen LogP contribution in [-0.4, -0.2) is 29.6 Å². The Labute approximate surface area is 178 Å². The number of aromatic nitrogens is 2. The Morgan fingerprint density at radius 3 is 2.43 bits per heavy atom. The van der Waals surface area contributed by atoms with Crippen molar-refractivity contribution in [3.8, 4) is 5.69 Å².